The number of aliphatic hydroxyl groups excluding tert-OH is 1. The standard InChI is InChI=1S/C9H10BClO3/c1-5-7-3-9(11)6(4-12)2-8(7)10(13)14-5/h2-3,5,12-13H,4H2,1H3. The van der Waals surface area contributed by atoms with Crippen LogP contribution in [0.5, 0.6) is 0 Å². The molecule has 14 heavy (non-hydrogen) atoms. The Hall–Kier alpha value is -0.545. The SMILES string of the molecule is CC1OB(O)c2cc(CO)c(Cl)cc21. The maximum atomic E-state index is 9.52. The van der Waals surface area contributed by atoms with Gasteiger partial charge in [0, 0.05) is 5.02 Å². The van der Waals surface area contributed by atoms with Gasteiger partial charge in [0.05, 0.1) is 12.7 Å². The van der Waals surface area contributed by atoms with E-state index in [4.69, 9.17) is 21.4 Å². The van der Waals surface area contributed by atoms with Crippen molar-refractivity contribution in [2.75, 3.05) is 0 Å². The monoisotopic (exact) mass is 212 g/mol. The van der Waals surface area contributed by atoms with Crippen molar-refractivity contribution in [2.24, 2.45) is 0 Å². The Morgan fingerprint density at radius 1 is 1.57 bits per heavy atom. The van der Waals surface area contributed by atoms with Crippen molar-refractivity contribution in [2.45, 2.75) is 19.6 Å². The maximum Gasteiger partial charge on any atom is 0.491 e. The fourth-order valence-corrected chi connectivity index (χ4v) is 1.91. The second-order valence-corrected chi connectivity index (χ2v) is 3.77. The van der Waals surface area contributed by atoms with Crippen molar-refractivity contribution in [3.05, 3.63) is 28.3 Å². The number of hydrogen-bond acceptors (Lipinski definition) is 3. The molecule has 2 N–H and O–H groups in total. The fraction of sp³-hybridized carbons (Fsp3) is 0.333. The third kappa shape index (κ3) is 1.44. The summed E-state index contributed by atoms with van der Waals surface area (Å²) in [7, 11) is -0.900. The molecule has 0 radical (unpaired) electrons. The number of rotatable bonds is 1. The molecule has 0 aliphatic carbocycles. The van der Waals surface area contributed by atoms with Gasteiger partial charge < -0.3 is 14.8 Å². The molecule has 0 bridgehead atoms. The fourth-order valence-electron chi connectivity index (χ4n) is 1.68. The van der Waals surface area contributed by atoms with Crippen LogP contribution >= 0.6 is 11.6 Å². The van der Waals surface area contributed by atoms with Gasteiger partial charge in [0.15, 0.2) is 0 Å². The molecule has 0 fully saturated rings. The number of hydrogen-bond donors (Lipinski definition) is 2. The molecule has 2 rings (SSSR count). The van der Waals surface area contributed by atoms with Crippen LogP contribution in [0.1, 0.15) is 24.2 Å². The summed E-state index contributed by atoms with van der Waals surface area (Å²) < 4.78 is 5.20. The minimum atomic E-state index is -0.900. The highest BCUT2D eigenvalue weighted by Crippen LogP contribution is 2.27. The van der Waals surface area contributed by atoms with Gasteiger partial charge in [-0.15, -0.1) is 0 Å². The predicted octanol–water partition coefficient (Wildman–Crippen LogP) is 0.611. The summed E-state index contributed by atoms with van der Waals surface area (Å²) >= 11 is 5.92. The molecule has 1 aromatic carbocycles. The zero-order valence-corrected chi connectivity index (χ0v) is 8.45. The number of halogens is 1. The normalized spacial score (nSPS) is 20.0. The highest BCUT2D eigenvalue weighted by Gasteiger charge is 2.33. The van der Waals surface area contributed by atoms with Gasteiger partial charge in [0.2, 0.25) is 0 Å². The van der Waals surface area contributed by atoms with Crippen LogP contribution in [0.25, 0.3) is 0 Å². The van der Waals surface area contributed by atoms with E-state index in [0.29, 0.717) is 16.0 Å². The van der Waals surface area contributed by atoms with Gasteiger partial charge in [-0.05, 0) is 29.6 Å². The van der Waals surface area contributed by atoms with Gasteiger partial charge in [0.1, 0.15) is 0 Å². The van der Waals surface area contributed by atoms with Crippen molar-refractivity contribution >= 4 is 24.2 Å². The molecule has 74 valence electrons. The highest BCUT2D eigenvalue weighted by atomic mass is 35.5. The van der Waals surface area contributed by atoms with E-state index in [2.05, 4.69) is 0 Å². The molecule has 5 heteroatoms. The van der Waals surface area contributed by atoms with Gasteiger partial charge in [-0.25, -0.2) is 0 Å². The third-order valence-corrected chi connectivity index (χ3v) is 2.81. The van der Waals surface area contributed by atoms with Crippen LogP contribution in [0, 0.1) is 0 Å². The lowest BCUT2D eigenvalue weighted by Crippen LogP contribution is -2.28. The van der Waals surface area contributed by atoms with Crippen LogP contribution in [-0.2, 0) is 11.3 Å². The Morgan fingerprint density at radius 2 is 2.29 bits per heavy atom. The Bertz CT molecular complexity index is 369. The molecule has 0 spiro atoms. The summed E-state index contributed by atoms with van der Waals surface area (Å²) in [6.45, 7) is 1.72. The molecule has 1 aromatic rings. The molecular formula is C9H10BClO3. The average Bonchev–Trinajstić information content (AvgIpc) is 2.41. The van der Waals surface area contributed by atoms with E-state index in [-0.39, 0.29) is 12.7 Å². The van der Waals surface area contributed by atoms with E-state index in [9.17, 15) is 5.02 Å². The van der Waals surface area contributed by atoms with Gasteiger partial charge in [-0.2, -0.15) is 0 Å². The Morgan fingerprint density at radius 3 is 2.93 bits per heavy atom. The Labute approximate surface area is 87.4 Å². The van der Waals surface area contributed by atoms with Crippen molar-refractivity contribution in [1.82, 2.24) is 0 Å². The van der Waals surface area contributed by atoms with Crippen LogP contribution < -0.4 is 5.46 Å². The van der Waals surface area contributed by atoms with E-state index in [0.717, 1.165) is 5.56 Å². The second-order valence-electron chi connectivity index (χ2n) is 3.36. The quantitative estimate of drug-likeness (QED) is 0.671. The van der Waals surface area contributed by atoms with E-state index in [1.54, 1.807) is 12.1 Å². The summed E-state index contributed by atoms with van der Waals surface area (Å²) in [6.07, 6.45) is -0.148. The van der Waals surface area contributed by atoms with E-state index in [1.807, 2.05) is 6.92 Å². The zero-order valence-electron chi connectivity index (χ0n) is 7.70. The number of benzene rings is 1. The molecule has 3 nitrogen and oxygen atoms in total. The van der Waals surface area contributed by atoms with Crippen molar-refractivity contribution in [3.8, 4) is 0 Å². The molecule has 1 aliphatic rings. The predicted molar refractivity (Wildman–Crippen MR) is 54.5 cm³/mol. The summed E-state index contributed by atoms with van der Waals surface area (Å²) in [5.41, 5.74) is 2.20. The molecule has 1 heterocycles. The molecular weight excluding hydrogens is 202 g/mol. The summed E-state index contributed by atoms with van der Waals surface area (Å²) in [5.74, 6) is 0. The molecule has 1 atom stereocenters. The van der Waals surface area contributed by atoms with Crippen molar-refractivity contribution in [3.63, 3.8) is 0 Å². The molecule has 1 aliphatic heterocycles. The van der Waals surface area contributed by atoms with E-state index < -0.39 is 7.12 Å². The second kappa shape index (κ2) is 3.55. The first-order valence-corrected chi connectivity index (χ1v) is 4.78. The van der Waals surface area contributed by atoms with Gasteiger partial charge in [-0.3, -0.25) is 0 Å². The summed E-state index contributed by atoms with van der Waals surface area (Å²) in [5, 5.41) is 19.0. The zero-order chi connectivity index (χ0) is 10.3. The van der Waals surface area contributed by atoms with Crippen LogP contribution in [0.3, 0.4) is 0 Å². The Balaban J connectivity index is 2.54. The molecule has 0 saturated heterocycles. The summed E-state index contributed by atoms with van der Waals surface area (Å²) in [6, 6.07) is 3.43. The smallest absolute Gasteiger partial charge is 0.423 e. The molecule has 0 aromatic heterocycles. The van der Waals surface area contributed by atoms with Crippen LogP contribution in [0.2, 0.25) is 5.02 Å². The lowest BCUT2D eigenvalue weighted by Gasteiger charge is -2.06. The van der Waals surface area contributed by atoms with Crippen LogP contribution in [-0.4, -0.2) is 17.2 Å². The lowest BCUT2D eigenvalue weighted by molar-refractivity contribution is 0.209. The third-order valence-electron chi connectivity index (χ3n) is 2.46. The van der Waals surface area contributed by atoms with Crippen molar-refractivity contribution < 1.29 is 14.8 Å². The van der Waals surface area contributed by atoms with Gasteiger partial charge >= 0.3 is 7.12 Å². The van der Waals surface area contributed by atoms with Crippen LogP contribution in [0.15, 0.2) is 12.1 Å². The first-order chi connectivity index (χ1) is 6.63. The van der Waals surface area contributed by atoms with Crippen LogP contribution in [0.4, 0.5) is 0 Å². The first-order valence-electron chi connectivity index (χ1n) is 4.40. The minimum Gasteiger partial charge on any atom is -0.423 e. The minimum absolute atomic E-state index is 0.132. The molecule has 0 amide bonds. The Kier molecular flexibility index (Phi) is 2.53. The maximum absolute atomic E-state index is 9.52. The number of fused-ring (bicyclic) bond motifs is 1. The molecule has 0 saturated carbocycles. The first kappa shape index (κ1) is 9.99. The highest BCUT2D eigenvalue weighted by molar-refractivity contribution is 6.61. The summed E-state index contributed by atoms with van der Waals surface area (Å²) in [4.78, 5) is 0. The van der Waals surface area contributed by atoms with Gasteiger partial charge in [-0.1, -0.05) is 17.7 Å². The topological polar surface area (TPSA) is 49.7 Å². The average molecular weight is 212 g/mol. The van der Waals surface area contributed by atoms with E-state index in [1.165, 1.54) is 0 Å². The van der Waals surface area contributed by atoms with Crippen molar-refractivity contribution in [1.29, 1.82) is 0 Å². The lowest BCUT2D eigenvalue weighted by atomic mass is 9.78. The largest absolute Gasteiger partial charge is 0.491 e. The molecule has 1 unspecified atom stereocenters. The number of aliphatic hydroxyl groups is 1. The van der Waals surface area contributed by atoms with Gasteiger partial charge in [0.25, 0.3) is 0 Å². The van der Waals surface area contributed by atoms with E-state index >= 15 is 0 Å².